The van der Waals surface area contributed by atoms with Crippen LogP contribution < -0.4 is 0 Å². The zero-order valence-corrected chi connectivity index (χ0v) is 57.2. The second-order valence-electron chi connectivity index (χ2n) is 25.2. The van der Waals surface area contributed by atoms with Gasteiger partial charge in [0.15, 0.2) is 6.10 Å². The van der Waals surface area contributed by atoms with E-state index in [9.17, 15) is 19.5 Å². The highest BCUT2D eigenvalue weighted by atomic mass is 16.7. The van der Waals surface area contributed by atoms with Crippen LogP contribution in [0.5, 0.6) is 0 Å². The molecule has 0 aliphatic rings. The zero-order chi connectivity index (χ0) is 63.3. The Morgan fingerprint density at radius 1 is 0.356 bits per heavy atom. The van der Waals surface area contributed by atoms with E-state index < -0.39 is 24.3 Å². The molecule has 2 unspecified atom stereocenters. The number of carbonyl (C=O) groups excluding carboxylic acids is 2. The number of carbonyl (C=O) groups is 3. The van der Waals surface area contributed by atoms with Crippen LogP contribution in [0.15, 0.2) is 109 Å². The van der Waals surface area contributed by atoms with Gasteiger partial charge in [-0.2, -0.15) is 0 Å². The fourth-order valence-corrected chi connectivity index (χ4v) is 10.0. The van der Waals surface area contributed by atoms with Gasteiger partial charge >= 0.3 is 17.9 Å². The predicted octanol–water partition coefficient (Wildman–Crippen LogP) is 22.6. The maximum absolute atomic E-state index is 13.0. The van der Waals surface area contributed by atoms with Crippen LogP contribution in [-0.4, -0.2) is 87.4 Å². The summed E-state index contributed by atoms with van der Waals surface area (Å²) in [6.07, 6.45) is 92.1. The molecule has 0 saturated carbocycles. The predicted molar refractivity (Wildman–Crippen MR) is 373 cm³/mol. The van der Waals surface area contributed by atoms with Crippen molar-refractivity contribution in [3.05, 3.63) is 109 Å². The largest absolute Gasteiger partial charge is 0.477 e. The molecule has 9 heteroatoms. The van der Waals surface area contributed by atoms with E-state index in [1.165, 1.54) is 180 Å². The molecule has 500 valence electrons. The minimum absolute atomic E-state index is 0.184. The highest BCUT2D eigenvalue weighted by molar-refractivity contribution is 5.71. The molecule has 1 N–H and O–H groups in total. The first-order chi connectivity index (χ1) is 42.6. The Kier molecular flexibility index (Phi) is 64.7. The fraction of sp³-hybridized carbons (Fsp3) is 0.731. The summed E-state index contributed by atoms with van der Waals surface area (Å²) in [6.45, 7) is 4.77. The fourth-order valence-electron chi connectivity index (χ4n) is 10.0. The van der Waals surface area contributed by atoms with Crippen LogP contribution in [-0.2, 0) is 33.3 Å². The van der Waals surface area contributed by atoms with E-state index in [0.717, 1.165) is 103 Å². The Labute approximate surface area is 536 Å². The summed E-state index contributed by atoms with van der Waals surface area (Å²) in [5.41, 5.74) is 0. The Morgan fingerprint density at radius 3 is 0.977 bits per heavy atom. The molecule has 0 rings (SSSR count). The van der Waals surface area contributed by atoms with Crippen LogP contribution in [0.4, 0.5) is 0 Å². The van der Waals surface area contributed by atoms with Crippen molar-refractivity contribution in [1.82, 2.24) is 0 Å². The molecule has 0 radical (unpaired) electrons. The lowest BCUT2D eigenvalue weighted by Crippen LogP contribution is -2.40. The second-order valence-corrected chi connectivity index (χ2v) is 25.2. The summed E-state index contributed by atoms with van der Waals surface area (Å²) in [7, 11) is 5.98. The standard InChI is InChI=1S/C78H135NO8/c1-6-8-10-12-14-16-18-20-22-24-26-28-30-31-32-33-34-35-36-37-38-39-40-41-42-43-44-45-47-49-51-53-55-57-59-61-63-65-67-69-76(81)87-74(73-86-78(77(82)83)84-71-70-79(3,4)5)72-85-75(80)68-66-64-62-60-58-56-54-52-50-48-46-29-27-25-23-21-19-17-15-13-11-9-7-2/h8,10,14,16,19-22,25-28,31-32,34-35,46,48,74,78H,6-7,9,11-13,15,17-18,23-24,29-30,33,36-45,47,49-73H2,1-5H3/p+1/b10-8-,16-14-,21-19-,22-20-,27-25-,28-26-,32-31-,35-34-,48-46-. The topological polar surface area (TPSA) is 108 Å². The Hall–Kier alpha value is -4.05. The third-order valence-electron chi connectivity index (χ3n) is 15.5. The van der Waals surface area contributed by atoms with Crippen LogP contribution in [0.2, 0.25) is 0 Å². The maximum atomic E-state index is 13.0. The minimum atomic E-state index is -1.52. The van der Waals surface area contributed by atoms with Crippen molar-refractivity contribution in [2.24, 2.45) is 0 Å². The highest BCUT2D eigenvalue weighted by Crippen LogP contribution is 2.17. The zero-order valence-electron chi connectivity index (χ0n) is 57.2. The van der Waals surface area contributed by atoms with E-state index in [0.29, 0.717) is 17.4 Å². The number of carboxylic acid groups (broad SMARTS) is 1. The number of quaternary nitrogens is 1. The summed E-state index contributed by atoms with van der Waals surface area (Å²) >= 11 is 0. The number of unbranched alkanes of at least 4 members (excludes halogenated alkanes) is 33. The molecule has 0 spiro atoms. The van der Waals surface area contributed by atoms with E-state index >= 15 is 0 Å². The van der Waals surface area contributed by atoms with Gasteiger partial charge in [0.1, 0.15) is 13.2 Å². The molecule has 0 aliphatic carbocycles. The molecule has 0 aromatic heterocycles. The molecule has 9 nitrogen and oxygen atoms in total. The number of likely N-dealkylation sites (N-methyl/N-ethyl adjacent to an activating group) is 1. The molecule has 0 heterocycles. The number of esters is 2. The molecular weight excluding hydrogens is 1080 g/mol. The molecule has 0 fully saturated rings. The number of carboxylic acids is 1. The van der Waals surface area contributed by atoms with Gasteiger partial charge in [0.2, 0.25) is 0 Å². The first kappa shape index (κ1) is 83.0. The summed E-state index contributed by atoms with van der Waals surface area (Å²) in [5.74, 6) is -2.01. The van der Waals surface area contributed by atoms with Crippen molar-refractivity contribution in [1.29, 1.82) is 0 Å². The number of ether oxygens (including phenoxy) is 4. The first-order valence-electron chi connectivity index (χ1n) is 36.1. The Balaban J connectivity index is 4.06. The van der Waals surface area contributed by atoms with E-state index in [1.807, 2.05) is 21.1 Å². The van der Waals surface area contributed by atoms with Crippen LogP contribution in [0.3, 0.4) is 0 Å². The molecule has 0 aromatic rings. The normalized spacial score (nSPS) is 13.3. The average molecular weight is 1220 g/mol. The van der Waals surface area contributed by atoms with Crippen molar-refractivity contribution < 1.29 is 42.9 Å². The van der Waals surface area contributed by atoms with E-state index in [4.69, 9.17) is 18.9 Å². The molecule has 0 saturated heterocycles. The van der Waals surface area contributed by atoms with Crippen molar-refractivity contribution in [3.63, 3.8) is 0 Å². The summed E-state index contributed by atoms with van der Waals surface area (Å²) in [6, 6.07) is 0. The SMILES string of the molecule is CC/C=C\C/C=C\C/C=C\C/C=C\C/C=C\C/C=C\CCCCCCCCCCCCCCCCCCCCCCC(=O)OC(COC(=O)CCCCCCCCCC/C=C\C/C=C\C/C=C\CCCCCCC)COC(OCC[N+](C)(C)C)C(=O)O. The third-order valence-corrected chi connectivity index (χ3v) is 15.5. The Morgan fingerprint density at radius 2 is 0.655 bits per heavy atom. The van der Waals surface area contributed by atoms with Crippen LogP contribution >= 0.6 is 0 Å². The van der Waals surface area contributed by atoms with Crippen molar-refractivity contribution in [2.75, 3.05) is 47.5 Å². The van der Waals surface area contributed by atoms with Crippen LogP contribution in [0.25, 0.3) is 0 Å². The Bertz CT molecular complexity index is 1800. The van der Waals surface area contributed by atoms with Gasteiger partial charge in [-0.3, -0.25) is 9.59 Å². The molecule has 2 atom stereocenters. The van der Waals surface area contributed by atoms with Gasteiger partial charge in [-0.25, -0.2) is 4.79 Å². The van der Waals surface area contributed by atoms with Gasteiger partial charge in [-0.1, -0.05) is 303 Å². The van der Waals surface area contributed by atoms with Crippen molar-refractivity contribution in [2.45, 2.75) is 322 Å². The number of nitrogens with zero attached hydrogens (tertiary/aromatic N) is 1. The molecular formula is C78H136NO8+. The van der Waals surface area contributed by atoms with E-state index in [-0.39, 0.29) is 32.2 Å². The number of aliphatic carboxylic acids is 1. The quantitative estimate of drug-likeness (QED) is 0.0211. The molecule has 0 aliphatic heterocycles. The van der Waals surface area contributed by atoms with Crippen molar-refractivity contribution in [3.8, 4) is 0 Å². The molecule has 0 aromatic carbocycles. The second kappa shape index (κ2) is 67.9. The van der Waals surface area contributed by atoms with Gasteiger partial charge in [0, 0.05) is 12.8 Å². The first-order valence-corrected chi connectivity index (χ1v) is 36.1. The van der Waals surface area contributed by atoms with Gasteiger partial charge in [0.05, 0.1) is 34.4 Å². The van der Waals surface area contributed by atoms with Crippen molar-refractivity contribution >= 4 is 17.9 Å². The van der Waals surface area contributed by atoms with E-state index in [1.54, 1.807) is 0 Å². The lowest BCUT2D eigenvalue weighted by atomic mass is 10.0. The molecule has 0 bridgehead atoms. The highest BCUT2D eigenvalue weighted by Gasteiger charge is 2.25. The minimum Gasteiger partial charge on any atom is -0.477 e. The number of hydrogen-bond donors (Lipinski definition) is 1. The average Bonchev–Trinajstić information content (AvgIpc) is 3.55. The number of allylic oxidation sites excluding steroid dienone is 18. The number of hydrogen-bond acceptors (Lipinski definition) is 7. The lowest BCUT2D eigenvalue weighted by Gasteiger charge is -2.25. The monoisotopic (exact) mass is 1220 g/mol. The van der Waals surface area contributed by atoms with Gasteiger partial charge in [0.25, 0.3) is 6.29 Å². The lowest BCUT2D eigenvalue weighted by molar-refractivity contribution is -0.870. The molecule has 0 amide bonds. The molecule has 87 heavy (non-hydrogen) atoms. The number of rotatable bonds is 66. The summed E-state index contributed by atoms with van der Waals surface area (Å²) in [4.78, 5) is 37.6. The smallest absolute Gasteiger partial charge is 0.361 e. The van der Waals surface area contributed by atoms with E-state index in [2.05, 4.69) is 123 Å². The maximum Gasteiger partial charge on any atom is 0.361 e. The van der Waals surface area contributed by atoms with Gasteiger partial charge in [-0.15, -0.1) is 0 Å². The third kappa shape index (κ3) is 69.3. The van der Waals surface area contributed by atoms with Crippen LogP contribution in [0, 0.1) is 0 Å². The van der Waals surface area contributed by atoms with Gasteiger partial charge in [-0.05, 0) is 103 Å². The summed E-state index contributed by atoms with van der Waals surface area (Å²) in [5, 5.41) is 9.75. The van der Waals surface area contributed by atoms with Gasteiger partial charge < -0.3 is 28.5 Å². The summed E-state index contributed by atoms with van der Waals surface area (Å²) < 4.78 is 23.0. The van der Waals surface area contributed by atoms with Crippen LogP contribution in [0.1, 0.15) is 309 Å².